The Morgan fingerprint density at radius 1 is 0.300 bits per heavy atom. The Labute approximate surface area is 411 Å². The molecular formula is C65H48GeN4. The van der Waals surface area contributed by atoms with Gasteiger partial charge in [-0.1, -0.05) is 41.5 Å². The van der Waals surface area contributed by atoms with Gasteiger partial charge in [0.25, 0.3) is 0 Å². The van der Waals surface area contributed by atoms with Gasteiger partial charge >= 0.3 is 353 Å². The Morgan fingerprint density at radius 2 is 0.743 bits per heavy atom. The third-order valence-corrected chi connectivity index (χ3v) is 23.7. The second-order valence-electron chi connectivity index (χ2n) is 18.2. The molecule has 12 rings (SSSR count). The summed E-state index contributed by atoms with van der Waals surface area (Å²) >= 11 is -3.59. The van der Waals surface area contributed by atoms with Gasteiger partial charge in [0.2, 0.25) is 0 Å². The molecule has 0 radical (unpaired) electrons. The molecule has 2 heterocycles. The molecule has 12 aromatic rings. The van der Waals surface area contributed by atoms with Gasteiger partial charge in [-0.05, 0) is 19.4 Å². The van der Waals surface area contributed by atoms with Crippen LogP contribution in [0.4, 0.5) is 0 Å². The van der Waals surface area contributed by atoms with Crippen LogP contribution in [0.2, 0.25) is 0 Å². The van der Waals surface area contributed by atoms with Crippen molar-refractivity contribution in [3.05, 3.63) is 266 Å². The quantitative estimate of drug-likeness (QED) is 0.128. The van der Waals surface area contributed by atoms with Crippen molar-refractivity contribution in [1.29, 1.82) is 0 Å². The number of benzene rings is 10. The third-order valence-electron chi connectivity index (χ3n) is 13.7. The van der Waals surface area contributed by atoms with Gasteiger partial charge in [-0.3, -0.25) is 0 Å². The van der Waals surface area contributed by atoms with Crippen LogP contribution in [0.1, 0.15) is 11.1 Å². The minimum absolute atomic E-state index is 0.600. The molecule has 0 spiro atoms. The zero-order valence-electron chi connectivity index (χ0n) is 39.0. The van der Waals surface area contributed by atoms with E-state index < -0.39 is 13.3 Å². The molecule has 0 bridgehead atoms. The minimum Gasteiger partial charge on any atom is -0.0514 e. The van der Waals surface area contributed by atoms with E-state index in [0.717, 1.165) is 44.5 Å². The first-order valence-electron chi connectivity index (χ1n) is 23.9. The normalized spacial score (nSPS) is 11.6. The average Bonchev–Trinajstić information content (AvgIpc) is 3.75. The summed E-state index contributed by atoms with van der Waals surface area (Å²) in [6, 6.07) is 92.7. The van der Waals surface area contributed by atoms with Gasteiger partial charge in [0.1, 0.15) is 0 Å². The molecule has 5 heteroatoms. The Kier molecular flexibility index (Phi) is 11.2. The van der Waals surface area contributed by atoms with E-state index in [-0.39, 0.29) is 0 Å². The maximum atomic E-state index is 5.38. The van der Waals surface area contributed by atoms with Gasteiger partial charge in [0.15, 0.2) is 0 Å². The third kappa shape index (κ3) is 7.73. The number of aryl methyl sites for hydroxylation is 2. The molecule has 0 aliphatic rings. The van der Waals surface area contributed by atoms with Gasteiger partial charge in [-0.25, -0.2) is 0 Å². The summed E-state index contributed by atoms with van der Waals surface area (Å²) in [7, 11) is 0. The van der Waals surface area contributed by atoms with Crippen molar-refractivity contribution in [2.75, 3.05) is 0 Å². The molecule has 0 fully saturated rings. The standard InChI is InChI=1S/C65H48GeN4/c1-45-39-46(2)41-52(40-45)51-36-37-61-58(43-51)57-33-18-19-34-60(57)70(61)62-38-35-50(44-59(62)65-68-63(47-21-8-3-9-22-47)67-64(69-65)48-23-10-4-11-24-48)49-25-20-32-56(42-49)66(53-26-12-5-13-27-53,54-28-14-6-15-29-54)55-30-16-7-17-31-55/h3-44H,1-2H3. The molecule has 0 aliphatic heterocycles. The summed E-state index contributed by atoms with van der Waals surface area (Å²) in [6.07, 6.45) is 0. The van der Waals surface area contributed by atoms with Crippen LogP contribution in [0.5, 0.6) is 0 Å². The minimum atomic E-state index is -3.59. The molecule has 10 aromatic carbocycles. The summed E-state index contributed by atoms with van der Waals surface area (Å²) in [5.74, 6) is 1.84. The van der Waals surface area contributed by atoms with Gasteiger partial charge in [-0.15, -0.1) is 0 Å². The first-order valence-corrected chi connectivity index (χ1v) is 28.1. The topological polar surface area (TPSA) is 43.6 Å². The molecule has 0 saturated heterocycles. The van der Waals surface area contributed by atoms with Crippen LogP contribution in [-0.4, -0.2) is 32.8 Å². The molecule has 70 heavy (non-hydrogen) atoms. The van der Waals surface area contributed by atoms with Crippen molar-refractivity contribution in [3.63, 3.8) is 0 Å². The number of para-hydroxylation sites is 1. The number of fused-ring (bicyclic) bond motifs is 3. The largest absolute Gasteiger partial charge is 0.0514 e. The summed E-state index contributed by atoms with van der Waals surface area (Å²) in [5.41, 5.74) is 13.1. The molecule has 0 amide bonds. The van der Waals surface area contributed by atoms with E-state index in [1.807, 2.05) is 36.4 Å². The van der Waals surface area contributed by atoms with Crippen molar-refractivity contribution in [2.45, 2.75) is 13.8 Å². The maximum absolute atomic E-state index is 5.38. The fraction of sp³-hybridized carbons (Fsp3) is 0.0308. The fourth-order valence-corrected chi connectivity index (χ4v) is 20.6. The van der Waals surface area contributed by atoms with E-state index in [0.29, 0.717) is 17.5 Å². The van der Waals surface area contributed by atoms with E-state index in [4.69, 9.17) is 15.0 Å². The second-order valence-corrected chi connectivity index (χ2v) is 26.2. The van der Waals surface area contributed by atoms with Crippen LogP contribution in [0, 0.1) is 13.8 Å². The molecule has 0 unspecified atom stereocenters. The molecular weight excluding hydrogens is 909 g/mol. The van der Waals surface area contributed by atoms with Gasteiger partial charge in [0, 0.05) is 0 Å². The summed E-state index contributed by atoms with van der Waals surface area (Å²) in [4.78, 5) is 15.9. The number of hydrogen-bond donors (Lipinski definition) is 0. The number of nitrogens with zero attached hydrogens (tertiary/aromatic N) is 4. The van der Waals surface area contributed by atoms with E-state index >= 15 is 0 Å². The smallest absolute Gasteiger partial charge is 0.0514 e. The molecule has 4 nitrogen and oxygen atoms in total. The van der Waals surface area contributed by atoms with Crippen molar-refractivity contribution in [2.24, 2.45) is 0 Å². The molecule has 332 valence electrons. The zero-order valence-corrected chi connectivity index (χ0v) is 41.1. The second kappa shape index (κ2) is 18.2. The predicted molar refractivity (Wildman–Crippen MR) is 294 cm³/mol. The van der Waals surface area contributed by atoms with Crippen LogP contribution in [0.3, 0.4) is 0 Å². The first-order chi connectivity index (χ1) is 34.5. The molecule has 0 N–H and O–H groups in total. The number of hydrogen-bond acceptors (Lipinski definition) is 3. The van der Waals surface area contributed by atoms with Gasteiger partial charge in [-0.2, -0.15) is 0 Å². The zero-order chi connectivity index (χ0) is 47.0. The van der Waals surface area contributed by atoms with E-state index in [1.54, 1.807) is 0 Å². The van der Waals surface area contributed by atoms with Gasteiger partial charge in [0.05, 0.1) is 0 Å². The van der Waals surface area contributed by atoms with Crippen LogP contribution in [-0.2, 0) is 0 Å². The van der Waals surface area contributed by atoms with Crippen LogP contribution >= 0.6 is 0 Å². The Morgan fingerprint density at radius 3 is 1.33 bits per heavy atom. The maximum Gasteiger partial charge on any atom is -0.0514 e. The first kappa shape index (κ1) is 42.9. The summed E-state index contributed by atoms with van der Waals surface area (Å²) in [6.45, 7) is 4.34. The average molecular weight is 958 g/mol. The van der Waals surface area contributed by atoms with Crippen LogP contribution < -0.4 is 17.6 Å². The van der Waals surface area contributed by atoms with Crippen molar-refractivity contribution >= 4 is 52.7 Å². The van der Waals surface area contributed by atoms with Crippen molar-refractivity contribution in [1.82, 2.24) is 19.5 Å². The van der Waals surface area contributed by atoms with E-state index in [2.05, 4.69) is 237 Å². The number of rotatable bonds is 10. The van der Waals surface area contributed by atoms with Crippen LogP contribution in [0.25, 0.3) is 83.9 Å². The van der Waals surface area contributed by atoms with Gasteiger partial charge < -0.3 is 0 Å². The number of aromatic nitrogens is 4. The van der Waals surface area contributed by atoms with Crippen molar-refractivity contribution < 1.29 is 0 Å². The monoisotopic (exact) mass is 958 g/mol. The van der Waals surface area contributed by atoms with Crippen LogP contribution in [0.15, 0.2) is 255 Å². The fourth-order valence-electron chi connectivity index (χ4n) is 10.6. The summed E-state index contributed by atoms with van der Waals surface area (Å²) in [5, 5.41) is 2.37. The van der Waals surface area contributed by atoms with E-state index in [1.165, 1.54) is 50.6 Å². The Hall–Kier alpha value is -8.45. The van der Waals surface area contributed by atoms with Crippen molar-refractivity contribution in [3.8, 4) is 62.1 Å². The molecule has 0 atom stereocenters. The summed E-state index contributed by atoms with van der Waals surface area (Å²) < 4.78 is 7.90. The van der Waals surface area contributed by atoms with E-state index in [9.17, 15) is 0 Å². The Bertz CT molecular complexity index is 3660. The Balaban J connectivity index is 1.12. The SMILES string of the molecule is Cc1cc(C)cc(-c2ccc3c(c2)c2ccccc2n3-c2ccc(-c3ccc[c]([Ge]([c]4ccccc4)([c]4ccccc4)[c]4ccccc4)c3)cc2-c2nc(-c3ccccc3)nc(-c3ccccc3)n2)c1. The molecule has 2 aromatic heterocycles. The predicted octanol–water partition coefficient (Wildman–Crippen LogP) is 13.3. The molecule has 0 aliphatic carbocycles. The molecule has 0 saturated carbocycles.